The maximum Gasteiger partial charge on any atom is 0.407 e. The highest BCUT2D eigenvalue weighted by Crippen LogP contribution is 2.55. The van der Waals surface area contributed by atoms with Gasteiger partial charge in [-0.15, -0.1) is 0 Å². The van der Waals surface area contributed by atoms with E-state index in [2.05, 4.69) is 54.5 Å². The molecule has 2 aromatic carbocycles. The van der Waals surface area contributed by atoms with E-state index >= 15 is 0 Å². The van der Waals surface area contributed by atoms with Crippen molar-refractivity contribution in [2.24, 2.45) is 5.92 Å². The van der Waals surface area contributed by atoms with Crippen molar-refractivity contribution in [3.8, 4) is 5.75 Å². The molecule has 0 spiro atoms. The van der Waals surface area contributed by atoms with E-state index < -0.39 is 17.0 Å². The number of alkyl carbamates (subject to hydrolysis) is 1. The van der Waals surface area contributed by atoms with E-state index in [0.29, 0.717) is 26.0 Å². The number of piperidine rings is 1. The Balaban J connectivity index is 1.31. The molecule has 8 heteroatoms. The smallest absolute Gasteiger partial charge is 0.407 e. The predicted octanol–water partition coefficient (Wildman–Crippen LogP) is 5.49. The molecule has 2 fully saturated rings. The lowest BCUT2D eigenvalue weighted by molar-refractivity contribution is -0.153. The summed E-state index contributed by atoms with van der Waals surface area (Å²) in [5, 5.41) is 4.15. The van der Waals surface area contributed by atoms with E-state index in [-0.39, 0.29) is 29.6 Å². The highest BCUT2D eigenvalue weighted by molar-refractivity contribution is 5.98. The number of H-pyrrole nitrogens is 1. The molecule has 2 amide bonds. The zero-order chi connectivity index (χ0) is 29.4. The summed E-state index contributed by atoms with van der Waals surface area (Å²) in [4.78, 5) is 33.3. The summed E-state index contributed by atoms with van der Waals surface area (Å²) in [6, 6.07) is 14.2. The summed E-state index contributed by atoms with van der Waals surface area (Å²) in [7, 11) is 1.35. The second-order valence-corrected chi connectivity index (χ2v) is 13.4. The lowest BCUT2D eigenvalue weighted by Crippen LogP contribution is -2.74. The third-order valence-electron chi connectivity index (χ3n) is 10.1. The number of ether oxygens (including phenoxy) is 3. The number of benzene rings is 2. The van der Waals surface area contributed by atoms with Crippen molar-refractivity contribution >= 4 is 29.0 Å². The molecular formula is C34H39N3O5. The molecule has 1 aromatic heterocycles. The van der Waals surface area contributed by atoms with E-state index in [1.807, 2.05) is 43.0 Å². The van der Waals surface area contributed by atoms with Crippen molar-refractivity contribution < 1.29 is 23.8 Å². The van der Waals surface area contributed by atoms with E-state index in [1.165, 1.54) is 7.11 Å². The van der Waals surface area contributed by atoms with Crippen molar-refractivity contribution in [3.63, 3.8) is 0 Å². The molecule has 0 unspecified atom stereocenters. The molecular weight excluding hydrogens is 530 g/mol. The van der Waals surface area contributed by atoms with Gasteiger partial charge in [0, 0.05) is 40.9 Å². The van der Waals surface area contributed by atoms with Crippen molar-refractivity contribution in [2.45, 2.75) is 82.3 Å². The fraction of sp³-hybridized carbons (Fsp3) is 0.471. The van der Waals surface area contributed by atoms with Gasteiger partial charge in [0.15, 0.2) is 0 Å². The van der Waals surface area contributed by atoms with Crippen LogP contribution in [0.1, 0.15) is 62.9 Å². The van der Waals surface area contributed by atoms with E-state index in [9.17, 15) is 9.59 Å². The van der Waals surface area contributed by atoms with Crippen LogP contribution in [0, 0.1) is 5.92 Å². The molecule has 3 aliphatic heterocycles. The molecule has 0 radical (unpaired) electrons. The van der Waals surface area contributed by atoms with Gasteiger partial charge in [-0.3, -0.25) is 4.79 Å². The average molecular weight is 570 g/mol. The summed E-state index contributed by atoms with van der Waals surface area (Å²) in [5.41, 5.74) is 3.32. The maximum absolute atomic E-state index is 14.7. The first-order valence-electron chi connectivity index (χ1n) is 14.9. The number of nitrogens with zero attached hydrogens (tertiary/aromatic N) is 1. The predicted molar refractivity (Wildman–Crippen MR) is 160 cm³/mol. The summed E-state index contributed by atoms with van der Waals surface area (Å²) in [5.74, 6) is 0.609. The van der Waals surface area contributed by atoms with Gasteiger partial charge in [-0.2, -0.15) is 0 Å². The summed E-state index contributed by atoms with van der Waals surface area (Å²) in [6.45, 7) is 9.58. The maximum atomic E-state index is 14.7. The average Bonchev–Trinajstić information content (AvgIpc) is 3.55. The number of amides is 2. The zero-order valence-electron chi connectivity index (χ0n) is 25.0. The number of hydrogen-bond acceptors (Lipinski definition) is 5. The Hall–Kier alpha value is -3.78. The van der Waals surface area contributed by atoms with Gasteiger partial charge in [0.2, 0.25) is 5.91 Å². The van der Waals surface area contributed by atoms with Gasteiger partial charge in [-0.1, -0.05) is 44.2 Å². The molecule has 2 saturated heterocycles. The molecule has 220 valence electrons. The first-order valence-corrected chi connectivity index (χ1v) is 14.9. The molecule has 4 atom stereocenters. The molecule has 0 saturated carbocycles. The third kappa shape index (κ3) is 3.98. The Morgan fingerprint density at radius 2 is 1.93 bits per heavy atom. The normalized spacial score (nSPS) is 28.4. The number of rotatable bonds is 4. The molecule has 2 N–H and O–H groups in total. The van der Waals surface area contributed by atoms with E-state index in [4.69, 9.17) is 14.2 Å². The monoisotopic (exact) mass is 569 g/mol. The number of aromatic nitrogens is 1. The van der Waals surface area contributed by atoms with Gasteiger partial charge in [0.1, 0.15) is 16.9 Å². The van der Waals surface area contributed by atoms with Gasteiger partial charge in [0.25, 0.3) is 0 Å². The summed E-state index contributed by atoms with van der Waals surface area (Å²) < 4.78 is 17.8. The van der Waals surface area contributed by atoms with Crippen LogP contribution in [-0.4, -0.2) is 58.8 Å². The number of carbonyl (C=O) groups excluding carboxylic acids is 2. The van der Waals surface area contributed by atoms with Gasteiger partial charge >= 0.3 is 6.09 Å². The SMILES string of the molecule is COC(=O)N[C@@]12Cc3c([nH]c4c5c(ccc34)OC(C)(C)C=C5)C(C)(C)[C@@H]1C[C@H]1[C@@H](OCc3ccccc3)CCN1C2=O. The van der Waals surface area contributed by atoms with Gasteiger partial charge in [0.05, 0.1) is 31.4 Å². The Labute approximate surface area is 246 Å². The topological polar surface area (TPSA) is 92.9 Å². The Kier molecular flexibility index (Phi) is 6.04. The number of hydrogen-bond donors (Lipinski definition) is 2. The van der Waals surface area contributed by atoms with Crippen LogP contribution in [0.4, 0.5) is 4.79 Å². The quantitative estimate of drug-likeness (QED) is 0.434. The van der Waals surface area contributed by atoms with Gasteiger partial charge in [-0.25, -0.2) is 4.79 Å². The molecule has 7 rings (SSSR count). The third-order valence-corrected chi connectivity index (χ3v) is 10.1. The number of aromatic amines is 1. The van der Waals surface area contributed by atoms with Crippen LogP contribution in [0.25, 0.3) is 17.0 Å². The lowest BCUT2D eigenvalue weighted by Gasteiger charge is -2.56. The Morgan fingerprint density at radius 1 is 1.14 bits per heavy atom. The van der Waals surface area contributed by atoms with Crippen LogP contribution in [0.2, 0.25) is 0 Å². The van der Waals surface area contributed by atoms with Crippen molar-refractivity contribution in [3.05, 3.63) is 70.9 Å². The van der Waals surface area contributed by atoms with Crippen LogP contribution < -0.4 is 10.1 Å². The summed E-state index contributed by atoms with van der Waals surface area (Å²) in [6.07, 6.45) is 5.42. The Morgan fingerprint density at radius 3 is 2.69 bits per heavy atom. The first kappa shape index (κ1) is 27.1. The molecule has 0 bridgehead atoms. The van der Waals surface area contributed by atoms with Gasteiger partial charge < -0.3 is 29.4 Å². The Bertz CT molecular complexity index is 1610. The highest BCUT2D eigenvalue weighted by atomic mass is 16.5. The van der Waals surface area contributed by atoms with Crippen molar-refractivity contribution in [1.82, 2.24) is 15.2 Å². The molecule has 42 heavy (non-hydrogen) atoms. The molecule has 1 aliphatic carbocycles. The van der Waals surface area contributed by atoms with E-state index in [0.717, 1.165) is 45.5 Å². The minimum absolute atomic E-state index is 0.0454. The number of methoxy groups -OCH3 is 1. The van der Waals surface area contributed by atoms with Crippen LogP contribution in [0.15, 0.2) is 48.5 Å². The zero-order valence-corrected chi connectivity index (χ0v) is 25.0. The minimum atomic E-state index is -1.13. The first-order chi connectivity index (χ1) is 20.0. The van der Waals surface area contributed by atoms with Crippen molar-refractivity contribution in [1.29, 1.82) is 0 Å². The molecule has 8 nitrogen and oxygen atoms in total. The van der Waals surface area contributed by atoms with Crippen LogP contribution in [-0.2, 0) is 32.7 Å². The van der Waals surface area contributed by atoms with Gasteiger partial charge in [-0.05, 0) is 62.1 Å². The number of nitrogens with one attached hydrogen (secondary N) is 2. The van der Waals surface area contributed by atoms with Crippen LogP contribution >= 0.6 is 0 Å². The van der Waals surface area contributed by atoms with Crippen LogP contribution in [0.3, 0.4) is 0 Å². The molecule has 4 heterocycles. The minimum Gasteiger partial charge on any atom is -0.483 e. The molecule has 4 aliphatic rings. The lowest BCUT2D eigenvalue weighted by atomic mass is 9.55. The fourth-order valence-corrected chi connectivity index (χ4v) is 8.07. The standard InChI is InChI=1S/C34H39N3O5/c1-32(2)15-13-22-25(42-32)12-11-21-23-18-34(36-31(39)40-5)27(33(3,4)29(23)35-28(21)22)17-24-26(14-16-37(24)30(34)38)41-19-20-9-7-6-8-10-20/h6-13,15,24,26-27,35H,14,16-19H2,1-5H3,(H,36,39)/t24-,26-,27-,34-/m0/s1. The second kappa shape index (κ2) is 9.36. The van der Waals surface area contributed by atoms with Crippen LogP contribution in [0.5, 0.6) is 5.75 Å². The highest BCUT2D eigenvalue weighted by Gasteiger charge is 2.64. The largest absolute Gasteiger partial charge is 0.483 e. The van der Waals surface area contributed by atoms with E-state index in [1.54, 1.807) is 0 Å². The van der Waals surface area contributed by atoms with Crippen molar-refractivity contribution in [2.75, 3.05) is 13.7 Å². The summed E-state index contributed by atoms with van der Waals surface area (Å²) >= 11 is 0. The second-order valence-electron chi connectivity index (χ2n) is 13.4. The fourth-order valence-electron chi connectivity index (χ4n) is 8.07. The number of carbonyl (C=O) groups is 2. The molecule has 3 aromatic rings. The number of fused-ring (bicyclic) bond motifs is 7.